The highest BCUT2D eigenvalue weighted by Crippen LogP contribution is 2.34. The minimum absolute atomic E-state index is 0.267. The van der Waals surface area contributed by atoms with Crippen LogP contribution in [-0.4, -0.2) is 9.55 Å². The van der Waals surface area contributed by atoms with Crippen molar-refractivity contribution in [3.8, 4) is 0 Å². The first-order valence-electron chi connectivity index (χ1n) is 7.02. The van der Waals surface area contributed by atoms with Crippen molar-refractivity contribution in [2.45, 2.75) is 44.1 Å². The van der Waals surface area contributed by atoms with Gasteiger partial charge in [-0.2, -0.15) is 0 Å². The lowest BCUT2D eigenvalue weighted by Gasteiger charge is -2.27. The Morgan fingerprint density at radius 2 is 1.89 bits per heavy atom. The summed E-state index contributed by atoms with van der Waals surface area (Å²) in [6, 6.07) is 5.07. The lowest BCUT2D eigenvalue weighted by molar-refractivity contribution is 0.355. The van der Waals surface area contributed by atoms with Gasteiger partial charge in [0.15, 0.2) is 5.82 Å². The fraction of sp³-hybridized carbons (Fsp3) is 0.533. The van der Waals surface area contributed by atoms with E-state index >= 15 is 0 Å². The van der Waals surface area contributed by atoms with E-state index in [0.717, 1.165) is 37.0 Å². The Hall–Kier alpha value is -1.42. The molecule has 0 spiro atoms. The molecule has 2 N–H and O–H groups in total. The number of halogens is 1. The third-order valence-electron chi connectivity index (χ3n) is 4.30. The topological polar surface area (TPSA) is 43.8 Å². The monoisotopic (exact) mass is 261 g/mol. The van der Waals surface area contributed by atoms with Gasteiger partial charge in [0.25, 0.3) is 0 Å². The molecule has 4 heteroatoms. The number of rotatable bonds is 1. The Bertz CT molecular complexity index is 595. The SMILES string of the molecule is Cn1c(C2(N)CCCCCC2)nc2c(F)cccc21. The molecule has 19 heavy (non-hydrogen) atoms. The van der Waals surface area contributed by atoms with Crippen LogP contribution in [0.25, 0.3) is 11.0 Å². The van der Waals surface area contributed by atoms with E-state index in [2.05, 4.69) is 4.98 Å². The molecule has 1 fully saturated rings. The predicted molar refractivity (Wildman–Crippen MR) is 74.2 cm³/mol. The highest BCUT2D eigenvalue weighted by molar-refractivity contribution is 5.76. The third-order valence-corrected chi connectivity index (χ3v) is 4.30. The second-order valence-corrected chi connectivity index (χ2v) is 5.67. The quantitative estimate of drug-likeness (QED) is 0.801. The van der Waals surface area contributed by atoms with Crippen LogP contribution in [0.3, 0.4) is 0 Å². The van der Waals surface area contributed by atoms with Crippen molar-refractivity contribution in [1.82, 2.24) is 9.55 Å². The number of nitrogens with two attached hydrogens (primary N) is 1. The van der Waals surface area contributed by atoms with Gasteiger partial charge in [-0.25, -0.2) is 9.37 Å². The number of fused-ring (bicyclic) bond motifs is 1. The summed E-state index contributed by atoms with van der Waals surface area (Å²) in [5.41, 5.74) is 7.45. The standard InChI is InChI=1S/C15H20FN3/c1-19-12-8-6-7-11(16)13(12)18-14(19)15(17)9-4-2-3-5-10-15/h6-8H,2-5,9-10,17H2,1H3. The van der Waals surface area contributed by atoms with Gasteiger partial charge in [-0.15, -0.1) is 0 Å². The second kappa shape index (κ2) is 4.60. The van der Waals surface area contributed by atoms with Crippen LogP contribution in [0.5, 0.6) is 0 Å². The normalized spacial score (nSPS) is 19.5. The molecule has 0 atom stereocenters. The molecule has 3 rings (SSSR count). The molecule has 102 valence electrons. The molecular weight excluding hydrogens is 241 g/mol. The molecule has 0 bridgehead atoms. The van der Waals surface area contributed by atoms with E-state index in [9.17, 15) is 4.39 Å². The van der Waals surface area contributed by atoms with Gasteiger partial charge in [0.05, 0.1) is 11.1 Å². The predicted octanol–water partition coefficient (Wildman–Crippen LogP) is 3.22. The molecule has 1 aromatic carbocycles. The van der Waals surface area contributed by atoms with Crippen LogP contribution in [-0.2, 0) is 12.6 Å². The third kappa shape index (κ3) is 2.04. The number of benzene rings is 1. The number of nitrogens with zero attached hydrogens (tertiary/aromatic N) is 2. The Balaban J connectivity index is 2.14. The van der Waals surface area contributed by atoms with E-state index in [1.165, 1.54) is 18.9 Å². The zero-order chi connectivity index (χ0) is 13.5. The summed E-state index contributed by atoms with van der Waals surface area (Å²) in [6.45, 7) is 0. The Morgan fingerprint density at radius 1 is 1.21 bits per heavy atom. The molecule has 1 saturated carbocycles. The van der Waals surface area contributed by atoms with Gasteiger partial charge in [0, 0.05) is 7.05 Å². The van der Waals surface area contributed by atoms with Gasteiger partial charge in [-0.1, -0.05) is 31.7 Å². The van der Waals surface area contributed by atoms with E-state index in [1.54, 1.807) is 6.07 Å². The van der Waals surface area contributed by atoms with Crippen LogP contribution in [0.4, 0.5) is 4.39 Å². The van der Waals surface area contributed by atoms with Gasteiger partial charge in [-0.05, 0) is 25.0 Å². The lowest BCUT2D eigenvalue weighted by Crippen LogP contribution is -2.38. The molecule has 1 heterocycles. The van der Waals surface area contributed by atoms with E-state index in [1.807, 2.05) is 17.7 Å². The second-order valence-electron chi connectivity index (χ2n) is 5.67. The number of hydrogen-bond acceptors (Lipinski definition) is 2. The summed E-state index contributed by atoms with van der Waals surface area (Å²) < 4.78 is 15.8. The van der Waals surface area contributed by atoms with Gasteiger partial charge in [-0.3, -0.25) is 0 Å². The Kier molecular flexibility index (Phi) is 3.05. The average molecular weight is 261 g/mol. The summed E-state index contributed by atoms with van der Waals surface area (Å²) in [5.74, 6) is 0.561. The molecule has 0 saturated heterocycles. The summed E-state index contributed by atoms with van der Waals surface area (Å²) in [6.07, 6.45) is 6.59. The summed E-state index contributed by atoms with van der Waals surface area (Å²) in [5, 5.41) is 0. The molecule has 0 amide bonds. The summed E-state index contributed by atoms with van der Waals surface area (Å²) in [4.78, 5) is 4.51. The van der Waals surface area contributed by atoms with Crippen molar-refractivity contribution >= 4 is 11.0 Å². The Morgan fingerprint density at radius 3 is 2.53 bits per heavy atom. The smallest absolute Gasteiger partial charge is 0.151 e. The average Bonchev–Trinajstić information content (AvgIpc) is 2.59. The molecule has 1 aliphatic rings. The molecule has 3 nitrogen and oxygen atoms in total. The van der Waals surface area contributed by atoms with Gasteiger partial charge >= 0.3 is 0 Å². The molecule has 0 aliphatic heterocycles. The first-order chi connectivity index (χ1) is 9.12. The summed E-state index contributed by atoms with van der Waals surface area (Å²) >= 11 is 0. The fourth-order valence-electron chi connectivity index (χ4n) is 3.21. The number of imidazole rings is 1. The molecule has 0 radical (unpaired) electrons. The zero-order valence-corrected chi connectivity index (χ0v) is 11.3. The molecule has 0 unspecified atom stereocenters. The van der Waals surface area contributed by atoms with Crippen molar-refractivity contribution in [2.24, 2.45) is 12.8 Å². The molecular formula is C15H20FN3. The van der Waals surface area contributed by atoms with E-state index in [-0.39, 0.29) is 5.82 Å². The van der Waals surface area contributed by atoms with Crippen LogP contribution in [0.15, 0.2) is 18.2 Å². The van der Waals surface area contributed by atoms with Crippen LogP contribution >= 0.6 is 0 Å². The highest BCUT2D eigenvalue weighted by atomic mass is 19.1. The zero-order valence-electron chi connectivity index (χ0n) is 11.3. The lowest BCUT2D eigenvalue weighted by atomic mass is 9.90. The maximum Gasteiger partial charge on any atom is 0.151 e. The van der Waals surface area contributed by atoms with Crippen molar-refractivity contribution < 1.29 is 4.39 Å². The van der Waals surface area contributed by atoms with E-state index < -0.39 is 5.54 Å². The minimum atomic E-state index is -0.406. The van der Waals surface area contributed by atoms with Gasteiger partial charge in [0.2, 0.25) is 0 Å². The van der Waals surface area contributed by atoms with Crippen LogP contribution in [0.2, 0.25) is 0 Å². The number of aromatic nitrogens is 2. The van der Waals surface area contributed by atoms with E-state index in [4.69, 9.17) is 5.73 Å². The molecule has 2 aromatic rings. The van der Waals surface area contributed by atoms with Gasteiger partial charge in [0.1, 0.15) is 11.3 Å². The van der Waals surface area contributed by atoms with E-state index in [0.29, 0.717) is 5.52 Å². The van der Waals surface area contributed by atoms with Crippen molar-refractivity contribution in [3.63, 3.8) is 0 Å². The van der Waals surface area contributed by atoms with Crippen molar-refractivity contribution in [1.29, 1.82) is 0 Å². The number of para-hydroxylation sites is 1. The fourth-order valence-corrected chi connectivity index (χ4v) is 3.21. The van der Waals surface area contributed by atoms with Gasteiger partial charge < -0.3 is 10.3 Å². The first-order valence-corrected chi connectivity index (χ1v) is 7.02. The van der Waals surface area contributed by atoms with Crippen LogP contribution in [0.1, 0.15) is 44.3 Å². The molecule has 1 aromatic heterocycles. The van der Waals surface area contributed by atoms with Crippen molar-refractivity contribution in [2.75, 3.05) is 0 Å². The number of hydrogen-bond donors (Lipinski definition) is 1. The van der Waals surface area contributed by atoms with Crippen molar-refractivity contribution in [3.05, 3.63) is 29.8 Å². The highest BCUT2D eigenvalue weighted by Gasteiger charge is 2.33. The summed E-state index contributed by atoms with van der Waals surface area (Å²) in [7, 11) is 1.93. The largest absolute Gasteiger partial charge is 0.329 e. The number of aryl methyl sites for hydroxylation is 1. The van der Waals surface area contributed by atoms with Crippen LogP contribution < -0.4 is 5.73 Å². The minimum Gasteiger partial charge on any atom is -0.329 e. The maximum absolute atomic E-state index is 13.8. The maximum atomic E-state index is 13.8. The Labute approximate surface area is 112 Å². The molecule has 1 aliphatic carbocycles. The van der Waals surface area contributed by atoms with Crippen LogP contribution in [0, 0.1) is 5.82 Å². The first kappa shape index (κ1) is 12.6.